The van der Waals surface area contributed by atoms with Crippen LogP contribution < -0.4 is 5.73 Å². The van der Waals surface area contributed by atoms with E-state index in [2.05, 4.69) is 6.92 Å². The standard InChI is InChI=1S/C15H23NO2/c1-3-5-6-10-14(15(17)18-4-2)12-8-7-9-13(16)11-12/h7-9,11,14H,3-6,10,16H2,1-2H3. The summed E-state index contributed by atoms with van der Waals surface area (Å²) in [5.74, 6) is -0.320. The van der Waals surface area contributed by atoms with E-state index in [-0.39, 0.29) is 11.9 Å². The topological polar surface area (TPSA) is 52.3 Å². The lowest BCUT2D eigenvalue weighted by Crippen LogP contribution is -2.16. The first kappa shape index (κ1) is 14.6. The minimum Gasteiger partial charge on any atom is -0.466 e. The van der Waals surface area contributed by atoms with Gasteiger partial charge in [0.25, 0.3) is 0 Å². The van der Waals surface area contributed by atoms with E-state index in [0.717, 1.165) is 31.2 Å². The van der Waals surface area contributed by atoms with Crippen molar-refractivity contribution >= 4 is 11.7 Å². The molecule has 0 aliphatic carbocycles. The Morgan fingerprint density at radius 2 is 2.11 bits per heavy atom. The van der Waals surface area contributed by atoms with Gasteiger partial charge < -0.3 is 10.5 Å². The van der Waals surface area contributed by atoms with Gasteiger partial charge in [-0.2, -0.15) is 0 Å². The highest BCUT2D eigenvalue weighted by atomic mass is 16.5. The lowest BCUT2D eigenvalue weighted by Gasteiger charge is -2.16. The number of rotatable bonds is 7. The summed E-state index contributed by atoms with van der Waals surface area (Å²) < 4.78 is 5.15. The zero-order valence-corrected chi connectivity index (χ0v) is 11.3. The Morgan fingerprint density at radius 3 is 2.72 bits per heavy atom. The Kier molecular flexibility index (Phi) is 6.26. The van der Waals surface area contributed by atoms with E-state index in [1.165, 1.54) is 0 Å². The predicted octanol–water partition coefficient (Wildman–Crippen LogP) is 3.50. The van der Waals surface area contributed by atoms with Crippen molar-refractivity contribution in [1.82, 2.24) is 0 Å². The van der Waals surface area contributed by atoms with Crippen molar-refractivity contribution in [2.75, 3.05) is 12.3 Å². The van der Waals surface area contributed by atoms with E-state index in [0.29, 0.717) is 12.3 Å². The number of nitrogens with two attached hydrogens (primary N) is 1. The van der Waals surface area contributed by atoms with E-state index >= 15 is 0 Å². The van der Waals surface area contributed by atoms with Gasteiger partial charge >= 0.3 is 5.97 Å². The third-order valence-corrected chi connectivity index (χ3v) is 2.98. The number of nitrogen functional groups attached to an aromatic ring is 1. The maximum Gasteiger partial charge on any atom is 0.313 e. The number of hydrogen-bond acceptors (Lipinski definition) is 3. The molecule has 0 saturated heterocycles. The van der Waals surface area contributed by atoms with Gasteiger partial charge in [-0.25, -0.2) is 0 Å². The quantitative estimate of drug-likeness (QED) is 0.457. The molecule has 2 N–H and O–H groups in total. The van der Waals surface area contributed by atoms with Crippen molar-refractivity contribution in [1.29, 1.82) is 0 Å². The van der Waals surface area contributed by atoms with Gasteiger partial charge in [0, 0.05) is 5.69 Å². The highest BCUT2D eigenvalue weighted by Crippen LogP contribution is 2.25. The molecule has 1 aromatic carbocycles. The zero-order chi connectivity index (χ0) is 13.4. The summed E-state index contributed by atoms with van der Waals surface area (Å²) in [5, 5.41) is 0. The molecule has 1 rings (SSSR count). The molecule has 100 valence electrons. The van der Waals surface area contributed by atoms with Gasteiger partial charge in [-0.3, -0.25) is 4.79 Å². The summed E-state index contributed by atoms with van der Waals surface area (Å²) in [7, 11) is 0. The normalized spacial score (nSPS) is 12.1. The van der Waals surface area contributed by atoms with Crippen LogP contribution >= 0.6 is 0 Å². The van der Waals surface area contributed by atoms with Gasteiger partial charge in [-0.05, 0) is 31.0 Å². The monoisotopic (exact) mass is 249 g/mol. The van der Waals surface area contributed by atoms with Gasteiger partial charge in [0.05, 0.1) is 12.5 Å². The summed E-state index contributed by atoms with van der Waals surface area (Å²) >= 11 is 0. The molecular weight excluding hydrogens is 226 g/mol. The second-order valence-corrected chi connectivity index (χ2v) is 4.47. The van der Waals surface area contributed by atoms with E-state index in [9.17, 15) is 4.79 Å². The Labute approximate surface area is 109 Å². The molecule has 0 spiro atoms. The van der Waals surface area contributed by atoms with Gasteiger partial charge in [0.15, 0.2) is 0 Å². The van der Waals surface area contributed by atoms with Gasteiger partial charge in [0.2, 0.25) is 0 Å². The number of hydrogen-bond donors (Lipinski definition) is 1. The highest BCUT2D eigenvalue weighted by Gasteiger charge is 2.21. The Bertz CT molecular complexity index is 377. The molecule has 0 saturated carbocycles. The summed E-state index contributed by atoms with van der Waals surface area (Å²) in [6.45, 7) is 4.41. The number of esters is 1. The van der Waals surface area contributed by atoms with Crippen LogP contribution in [-0.4, -0.2) is 12.6 Å². The number of carbonyl (C=O) groups excluding carboxylic acids is 1. The van der Waals surface area contributed by atoms with E-state index in [1.807, 2.05) is 31.2 Å². The zero-order valence-electron chi connectivity index (χ0n) is 11.3. The first-order valence-electron chi connectivity index (χ1n) is 6.71. The van der Waals surface area contributed by atoms with Crippen LogP contribution in [0.3, 0.4) is 0 Å². The van der Waals surface area contributed by atoms with Crippen LogP contribution in [-0.2, 0) is 9.53 Å². The van der Waals surface area contributed by atoms with Crippen molar-refractivity contribution in [3.8, 4) is 0 Å². The Balaban J connectivity index is 2.78. The van der Waals surface area contributed by atoms with E-state index < -0.39 is 0 Å². The van der Waals surface area contributed by atoms with Gasteiger partial charge in [-0.15, -0.1) is 0 Å². The molecule has 1 aromatic rings. The van der Waals surface area contributed by atoms with Crippen molar-refractivity contribution < 1.29 is 9.53 Å². The number of ether oxygens (including phenoxy) is 1. The van der Waals surface area contributed by atoms with Crippen LogP contribution in [0.2, 0.25) is 0 Å². The minimum absolute atomic E-state index is 0.140. The molecule has 0 fully saturated rings. The van der Waals surface area contributed by atoms with Gasteiger partial charge in [0.1, 0.15) is 0 Å². The van der Waals surface area contributed by atoms with Crippen LogP contribution in [0.1, 0.15) is 51.0 Å². The average molecular weight is 249 g/mol. The first-order valence-corrected chi connectivity index (χ1v) is 6.71. The number of benzene rings is 1. The lowest BCUT2D eigenvalue weighted by molar-refractivity contribution is -0.145. The highest BCUT2D eigenvalue weighted by molar-refractivity contribution is 5.78. The van der Waals surface area contributed by atoms with Crippen LogP contribution in [0.4, 0.5) is 5.69 Å². The van der Waals surface area contributed by atoms with Gasteiger partial charge in [-0.1, -0.05) is 38.3 Å². The van der Waals surface area contributed by atoms with Crippen molar-refractivity contribution in [2.24, 2.45) is 0 Å². The summed E-state index contributed by atoms with van der Waals surface area (Å²) in [6, 6.07) is 7.53. The Morgan fingerprint density at radius 1 is 1.33 bits per heavy atom. The summed E-state index contributed by atoms with van der Waals surface area (Å²) in [4.78, 5) is 12.0. The molecule has 0 bridgehead atoms. The molecule has 3 heteroatoms. The minimum atomic E-state index is -0.181. The van der Waals surface area contributed by atoms with Crippen LogP contribution in [0.15, 0.2) is 24.3 Å². The molecule has 0 heterocycles. The summed E-state index contributed by atoms with van der Waals surface area (Å²) in [5.41, 5.74) is 7.43. The number of unbranched alkanes of at least 4 members (excludes halogenated alkanes) is 2. The average Bonchev–Trinajstić information content (AvgIpc) is 2.35. The molecule has 0 aliphatic heterocycles. The molecule has 3 nitrogen and oxygen atoms in total. The summed E-state index contributed by atoms with van der Waals surface area (Å²) in [6.07, 6.45) is 4.15. The van der Waals surface area contributed by atoms with Crippen molar-refractivity contribution in [3.05, 3.63) is 29.8 Å². The SMILES string of the molecule is CCCCCC(C(=O)OCC)c1cccc(N)c1. The molecule has 0 amide bonds. The third kappa shape index (κ3) is 4.40. The molecule has 0 aromatic heterocycles. The third-order valence-electron chi connectivity index (χ3n) is 2.98. The maximum atomic E-state index is 12.0. The van der Waals surface area contributed by atoms with Crippen molar-refractivity contribution in [2.45, 2.75) is 45.4 Å². The van der Waals surface area contributed by atoms with Crippen LogP contribution in [0.5, 0.6) is 0 Å². The first-order chi connectivity index (χ1) is 8.69. The maximum absolute atomic E-state index is 12.0. The number of anilines is 1. The molecule has 1 atom stereocenters. The molecule has 0 aliphatic rings. The predicted molar refractivity (Wildman–Crippen MR) is 74.4 cm³/mol. The van der Waals surface area contributed by atoms with Crippen molar-refractivity contribution in [3.63, 3.8) is 0 Å². The van der Waals surface area contributed by atoms with Crippen LogP contribution in [0, 0.1) is 0 Å². The fraction of sp³-hybridized carbons (Fsp3) is 0.533. The smallest absolute Gasteiger partial charge is 0.313 e. The molecule has 18 heavy (non-hydrogen) atoms. The van der Waals surface area contributed by atoms with E-state index in [4.69, 9.17) is 10.5 Å². The fourth-order valence-electron chi connectivity index (χ4n) is 2.04. The largest absolute Gasteiger partial charge is 0.466 e. The second kappa shape index (κ2) is 7.75. The number of carbonyl (C=O) groups is 1. The van der Waals surface area contributed by atoms with Crippen LogP contribution in [0.25, 0.3) is 0 Å². The Hall–Kier alpha value is -1.51. The lowest BCUT2D eigenvalue weighted by atomic mass is 9.93. The molecular formula is C15H23NO2. The molecule has 1 unspecified atom stereocenters. The fourth-order valence-corrected chi connectivity index (χ4v) is 2.04. The van der Waals surface area contributed by atoms with E-state index in [1.54, 1.807) is 0 Å². The second-order valence-electron chi connectivity index (χ2n) is 4.47. The molecule has 0 radical (unpaired) electrons.